The van der Waals surface area contributed by atoms with Crippen molar-refractivity contribution in [3.8, 4) is 0 Å². The van der Waals surface area contributed by atoms with Gasteiger partial charge in [0.25, 0.3) is 0 Å². The summed E-state index contributed by atoms with van der Waals surface area (Å²) in [6.07, 6.45) is 1.57. The van der Waals surface area contributed by atoms with Crippen molar-refractivity contribution in [1.29, 1.82) is 0 Å². The molecule has 2 aromatic carbocycles. The summed E-state index contributed by atoms with van der Waals surface area (Å²) in [4.78, 5) is 0.303. The Morgan fingerprint density at radius 1 is 1.18 bits per heavy atom. The summed E-state index contributed by atoms with van der Waals surface area (Å²) in [5.41, 5.74) is 11.2. The number of hydrazine groups is 1. The molecule has 0 aromatic heterocycles. The summed E-state index contributed by atoms with van der Waals surface area (Å²) in [5.74, 6) is -0.108. The van der Waals surface area contributed by atoms with Crippen LogP contribution < -0.4 is 16.6 Å². The highest BCUT2D eigenvalue weighted by Crippen LogP contribution is 2.20. The summed E-state index contributed by atoms with van der Waals surface area (Å²) >= 11 is 4.65. The smallest absolute Gasteiger partial charge is 0.182 e. The number of hydrogen-bond acceptors (Lipinski definition) is 4. The number of allylic oxidation sites excluding steroid dienone is 1. The van der Waals surface area contributed by atoms with Crippen molar-refractivity contribution in [3.05, 3.63) is 54.2 Å². The van der Waals surface area contributed by atoms with Crippen molar-refractivity contribution in [3.63, 3.8) is 0 Å². The molecule has 0 unspecified atom stereocenters. The Morgan fingerprint density at radius 2 is 1.86 bits per heavy atom. The van der Waals surface area contributed by atoms with Gasteiger partial charge in [-0.3, -0.25) is 5.43 Å². The number of rotatable bonds is 5. The second-order valence-corrected chi connectivity index (χ2v) is 7.27. The van der Waals surface area contributed by atoms with E-state index in [1.807, 2.05) is 30.3 Å². The van der Waals surface area contributed by atoms with Crippen LogP contribution >= 0.6 is 12.2 Å². The number of nitrogens with two attached hydrogens (primary N) is 1. The number of fused-ring (bicyclic) bond motifs is 1. The van der Waals surface area contributed by atoms with E-state index in [0.717, 1.165) is 10.8 Å². The molecule has 22 heavy (non-hydrogen) atoms. The average molecular weight is 335 g/mol. The van der Waals surface area contributed by atoms with Crippen LogP contribution in [0.15, 0.2) is 59.1 Å². The fraction of sp³-hybridized carbons (Fsp3) is 0.133. The van der Waals surface area contributed by atoms with E-state index < -0.39 is 9.84 Å². The van der Waals surface area contributed by atoms with Crippen LogP contribution in [0.25, 0.3) is 10.8 Å². The molecular weight excluding hydrogens is 318 g/mol. The molecule has 0 saturated heterocycles. The number of thiocarbonyl (C=S) groups is 1. The van der Waals surface area contributed by atoms with Crippen LogP contribution in [-0.4, -0.2) is 19.3 Å². The first-order valence-corrected chi connectivity index (χ1v) is 8.64. The van der Waals surface area contributed by atoms with Gasteiger partial charge in [0, 0.05) is 5.70 Å². The van der Waals surface area contributed by atoms with Crippen molar-refractivity contribution in [1.82, 2.24) is 10.9 Å². The SMILES string of the molecule is CC(=CCS(=O)(=O)c1ccc2ccccc2c1)NNC(N)=S. The van der Waals surface area contributed by atoms with Crippen molar-refractivity contribution in [2.24, 2.45) is 5.73 Å². The fourth-order valence-corrected chi connectivity index (χ4v) is 3.20. The molecular formula is C15H17N3O2S2. The zero-order chi connectivity index (χ0) is 16.2. The van der Waals surface area contributed by atoms with E-state index in [1.54, 1.807) is 25.1 Å². The second-order valence-electron chi connectivity index (χ2n) is 4.79. The summed E-state index contributed by atoms with van der Waals surface area (Å²) in [5, 5.41) is 2.00. The van der Waals surface area contributed by atoms with Gasteiger partial charge in [0.05, 0.1) is 10.6 Å². The van der Waals surface area contributed by atoms with Gasteiger partial charge in [-0.15, -0.1) is 0 Å². The molecule has 0 aliphatic carbocycles. The van der Waals surface area contributed by atoms with E-state index in [-0.39, 0.29) is 10.9 Å². The van der Waals surface area contributed by atoms with Crippen LogP contribution in [0.5, 0.6) is 0 Å². The van der Waals surface area contributed by atoms with Gasteiger partial charge in [-0.1, -0.05) is 30.3 Å². The molecule has 116 valence electrons. The molecule has 0 spiro atoms. The zero-order valence-electron chi connectivity index (χ0n) is 12.0. The molecule has 0 saturated carbocycles. The standard InChI is InChI=1S/C15H17N3O2S2/c1-11(17-18-15(16)21)8-9-22(19,20)14-7-6-12-4-2-3-5-13(12)10-14/h2-8,10,17H,9H2,1H3,(H3,16,18,21). The molecule has 0 aliphatic rings. The minimum Gasteiger partial charge on any atom is -0.375 e. The van der Waals surface area contributed by atoms with Gasteiger partial charge in [0.15, 0.2) is 14.9 Å². The second kappa shape index (κ2) is 6.76. The van der Waals surface area contributed by atoms with E-state index in [1.165, 1.54) is 0 Å². The number of hydrogen-bond donors (Lipinski definition) is 3. The first kappa shape index (κ1) is 16.3. The maximum atomic E-state index is 12.4. The largest absolute Gasteiger partial charge is 0.375 e. The van der Waals surface area contributed by atoms with Crippen LogP contribution in [0.3, 0.4) is 0 Å². The lowest BCUT2D eigenvalue weighted by molar-refractivity contribution is 0.599. The van der Waals surface area contributed by atoms with Crippen molar-refractivity contribution in [2.45, 2.75) is 11.8 Å². The highest BCUT2D eigenvalue weighted by molar-refractivity contribution is 7.91. The molecule has 5 nitrogen and oxygen atoms in total. The topological polar surface area (TPSA) is 84.2 Å². The first-order chi connectivity index (χ1) is 10.4. The normalized spacial score (nSPS) is 12.1. The Morgan fingerprint density at radius 3 is 2.55 bits per heavy atom. The predicted octanol–water partition coefficient (Wildman–Crippen LogP) is 1.86. The van der Waals surface area contributed by atoms with Crippen LogP contribution in [0, 0.1) is 0 Å². The molecule has 7 heteroatoms. The van der Waals surface area contributed by atoms with E-state index >= 15 is 0 Å². The molecule has 0 atom stereocenters. The Balaban J connectivity index is 2.18. The van der Waals surface area contributed by atoms with E-state index in [2.05, 4.69) is 23.1 Å². The van der Waals surface area contributed by atoms with Gasteiger partial charge in [-0.25, -0.2) is 8.42 Å². The molecule has 2 rings (SSSR count). The summed E-state index contributed by atoms with van der Waals surface area (Å²) in [7, 11) is -3.39. The molecule has 0 fully saturated rings. The van der Waals surface area contributed by atoms with Gasteiger partial charge >= 0.3 is 0 Å². The number of nitrogens with one attached hydrogen (secondary N) is 2. The molecule has 0 radical (unpaired) electrons. The maximum Gasteiger partial charge on any atom is 0.182 e. The lowest BCUT2D eigenvalue weighted by atomic mass is 10.1. The van der Waals surface area contributed by atoms with Gasteiger partial charge < -0.3 is 11.2 Å². The number of benzene rings is 2. The van der Waals surface area contributed by atoms with Crippen molar-refractivity contribution >= 4 is 37.9 Å². The van der Waals surface area contributed by atoms with Crippen LogP contribution in [0.1, 0.15) is 6.92 Å². The van der Waals surface area contributed by atoms with E-state index in [0.29, 0.717) is 10.6 Å². The summed E-state index contributed by atoms with van der Waals surface area (Å²) < 4.78 is 24.8. The molecule has 0 amide bonds. The van der Waals surface area contributed by atoms with Crippen molar-refractivity contribution < 1.29 is 8.42 Å². The Kier molecular flexibility index (Phi) is 4.99. The number of sulfone groups is 1. The minimum absolute atomic E-state index is 0.0881. The minimum atomic E-state index is -3.39. The molecule has 0 bridgehead atoms. The highest BCUT2D eigenvalue weighted by atomic mass is 32.2. The molecule has 0 heterocycles. The molecule has 2 aromatic rings. The van der Waals surface area contributed by atoms with Crippen LogP contribution in [-0.2, 0) is 9.84 Å². The van der Waals surface area contributed by atoms with E-state index in [4.69, 9.17) is 5.73 Å². The quantitative estimate of drug-likeness (QED) is 0.571. The van der Waals surface area contributed by atoms with Crippen LogP contribution in [0.4, 0.5) is 0 Å². The molecule has 4 N–H and O–H groups in total. The van der Waals surface area contributed by atoms with Gasteiger partial charge in [0.1, 0.15) is 0 Å². The first-order valence-electron chi connectivity index (χ1n) is 6.58. The fourth-order valence-electron chi connectivity index (χ4n) is 1.90. The van der Waals surface area contributed by atoms with Crippen LogP contribution in [0.2, 0.25) is 0 Å². The van der Waals surface area contributed by atoms with Crippen molar-refractivity contribution in [2.75, 3.05) is 5.75 Å². The summed E-state index contributed by atoms with van der Waals surface area (Å²) in [6, 6.07) is 12.8. The van der Waals surface area contributed by atoms with Gasteiger partial charge in [-0.2, -0.15) is 0 Å². The third kappa shape index (κ3) is 4.19. The summed E-state index contributed by atoms with van der Waals surface area (Å²) in [6.45, 7) is 1.72. The maximum absolute atomic E-state index is 12.4. The highest BCUT2D eigenvalue weighted by Gasteiger charge is 2.13. The van der Waals surface area contributed by atoms with Gasteiger partial charge in [0.2, 0.25) is 0 Å². The lowest BCUT2D eigenvalue weighted by Gasteiger charge is -2.08. The Labute approximate surface area is 135 Å². The predicted molar refractivity (Wildman–Crippen MR) is 92.8 cm³/mol. The average Bonchev–Trinajstić information content (AvgIpc) is 2.50. The Bertz CT molecular complexity index is 830. The monoisotopic (exact) mass is 335 g/mol. The van der Waals surface area contributed by atoms with Gasteiger partial charge in [-0.05, 0) is 48.1 Å². The molecule has 0 aliphatic heterocycles. The zero-order valence-corrected chi connectivity index (χ0v) is 13.7. The lowest BCUT2D eigenvalue weighted by Crippen LogP contribution is -2.39. The third-order valence-corrected chi connectivity index (χ3v) is 4.75. The third-order valence-electron chi connectivity index (χ3n) is 3.07. The Hall–Kier alpha value is -2.12. The van der Waals surface area contributed by atoms with E-state index in [9.17, 15) is 8.42 Å².